The van der Waals surface area contributed by atoms with E-state index < -0.39 is 5.91 Å². The molecule has 0 unspecified atom stereocenters. The molecule has 1 aromatic rings. The zero-order chi connectivity index (χ0) is 13.4. The topological polar surface area (TPSA) is 52.3 Å². The van der Waals surface area contributed by atoms with Gasteiger partial charge in [0.05, 0.1) is 7.11 Å². The monoisotopic (exact) mass is 245 g/mol. The molecule has 0 saturated carbocycles. The Kier molecular flexibility index (Phi) is 5.71. The molecule has 18 heavy (non-hydrogen) atoms. The fourth-order valence-electron chi connectivity index (χ4n) is 1.60. The third-order valence-electron chi connectivity index (χ3n) is 2.51. The van der Waals surface area contributed by atoms with E-state index in [0.717, 1.165) is 17.7 Å². The summed E-state index contributed by atoms with van der Waals surface area (Å²) >= 11 is 0. The number of allylic oxidation sites excluding steroid dienone is 2. The molecular formula is C15H19NO2. The second kappa shape index (κ2) is 7.33. The summed E-state index contributed by atoms with van der Waals surface area (Å²) in [7, 11) is 1.60. The van der Waals surface area contributed by atoms with E-state index in [1.807, 2.05) is 37.3 Å². The first kappa shape index (κ1) is 14.0. The first-order valence-electron chi connectivity index (χ1n) is 5.95. The minimum absolute atomic E-state index is 0.431. The van der Waals surface area contributed by atoms with Crippen LogP contribution in [0, 0.1) is 0 Å². The molecule has 0 heterocycles. The van der Waals surface area contributed by atoms with Crippen LogP contribution in [0.1, 0.15) is 18.9 Å². The summed E-state index contributed by atoms with van der Waals surface area (Å²) in [5.74, 6) is 0.291. The lowest BCUT2D eigenvalue weighted by Gasteiger charge is -2.07. The standard InChI is InChI=1S/C15H19NO2/c1-3-7-13(15(16)17)11-14(18-2)10-12-8-5-4-6-9-12/h4-9,11H,3,10H2,1-2H3,(H2,16,17)/b13-7-,14-11-. The van der Waals surface area contributed by atoms with E-state index in [9.17, 15) is 4.79 Å². The number of methoxy groups -OCH3 is 1. The van der Waals surface area contributed by atoms with Crippen LogP contribution >= 0.6 is 0 Å². The van der Waals surface area contributed by atoms with Crippen LogP contribution in [0.5, 0.6) is 0 Å². The van der Waals surface area contributed by atoms with Gasteiger partial charge in [-0.05, 0) is 18.1 Å². The lowest BCUT2D eigenvalue weighted by Crippen LogP contribution is -2.13. The predicted octanol–water partition coefficient (Wildman–Crippen LogP) is 2.58. The van der Waals surface area contributed by atoms with Crippen LogP contribution in [0.4, 0.5) is 0 Å². The van der Waals surface area contributed by atoms with Crippen molar-refractivity contribution in [3.05, 3.63) is 59.4 Å². The highest BCUT2D eigenvalue weighted by atomic mass is 16.5. The Labute approximate surface area is 108 Å². The van der Waals surface area contributed by atoms with E-state index in [4.69, 9.17) is 10.5 Å². The van der Waals surface area contributed by atoms with E-state index in [2.05, 4.69) is 0 Å². The van der Waals surface area contributed by atoms with Gasteiger partial charge in [0.15, 0.2) is 0 Å². The molecule has 0 atom stereocenters. The molecule has 3 heteroatoms. The number of primary amides is 1. The maximum atomic E-state index is 11.2. The van der Waals surface area contributed by atoms with Crippen molar-refractivity contribution in [1.82, 2.24) is 0 Å². The number of hydrogen-bond donors (Lipinski definition) is 1. The third-order valence-corrected chi connectivity index (χ3v) is 2.51. The molecule has 0 fully saturated rings. The van der Waals surface area contributed by atoms with Gasteiger partial charge in [-0.3, -0.25) is 4.79 Å². The Hall–Kier alpha value is -2.03. The van der Waals surface area contributed by atoms with Crippen LogP contribution in [0.3, 0.4) is 0 Å². The predicted molar refractivity (Wildman–Crippen MR) is 72.8 cm³/mol. The average Bonchev–Trinajstić information content (AvgIpc) is 2.38. The maximum Gasteiger partial charge on any atom is 0.248 e. The van der Waals surface area contributed by atoms with Gasteiger partial charge in [0, 0.05) is 12.0 Å². The van der Waals surface area contributed by atoms with Gasteiger partial charge in [-0.2, -0.15) is 0 Å². The summed E-state index contributed by atoms with van der Waals surface area (Å²) in [6.45, 7) is 1.96. The van der Waals surface area contributed by atoms with Crippen molar-refractivity contribution in [2.24, 2.45) is 5.73 Å². The highest BCUT2D eigenvalue weighted by molar-refractivity contribution is 5.94. The average molecular weight is 245 g/mol. The van der Waals surface area contributed by atoms with Crippen molar-refractivity contribution >= 4 is 5.91 Å². The fourth-order valence-corrected chi connectivity index (χ4v) is 1.60. The number of carbonyl (C=O) groups is 1. The molecule has 2 N–H and O–H groups in total. The number of ether oxygens (including phenoxy) is 1. The Balaban J connectivity index is 2.88. The van der Waals surface area contributed by atoms with Crippen molar-refractivity contribution in [2.45, 2.75) is 19.8 Å². The van der Waals surface area contributed by atoms with Crippen molar-refractivity contribution in [3.8, 4) is 0 Å². The number of hydrogen-bond acceptors (Lipinski definition) is 2. The minimum atomic E-state index is -0.431. The Morgan fingerprint density at radius 2 is 2.00 bits per heavy atom. The van der Waals surface area contributed by atoms with E-state index in [0.29, 0.717) is 12.0 Å². The third kappa shape index (κ3) is 4.45. The molecule has 0 spiro atoms. The van der Waals surface area contributed by atoms with Crippen molar-refractivity contribution in [2.75, 3.05) is 7.11 Å². The molecule has 0 aliphatic heterocycles. The zero-order valence-corrected chi connectivity index (χ0v) is 10.8. The van der Waals surface area contributed by atoms with Crippen LogP contribution in [0.15, 0.2) is 53.8 Å². The van der Waals surface area contributed by atoms with Crippen LogP contribution in [0.2, 0.25) is 0 Å². The highest BCUT2D eigenvalue weighted by Gasteiger charge is 2.05. The van der Waals surface area contributed by atoms with E-state index in [-0.39, 0.29) is 0 Å². The summed E-state index contributed by atoms with van der Waals surface area (Å²) in [5, 5.41) is 0. The number of benzene rings is 1. The van der Waals surface area contributed by atoms with Gasteiger partial charge < -0.3 is 10.5 Å². The van der Waals surface area contributed by atoms with Gasteiger partial charge in [-0.25, -0.2) is 0 Å². The summed E-state index contributed by atoms with van der Waals surface area (Å²) in [5.41, 5.74) is 6.93. The van der Waals surface area contributed by atoms with Crippen molar-refractivity contribution in [1.29, 1.82) is 0 Å². The number of nitrogens with two attached hydrogens (primary N) is 1. The van der Waals surface area contributed by atoms with Crippen LogP contribution in [0.25, 0.3) is 0 Å². The smallest absolute Gasteiger partial charge is 0.248 e. The zero-order valence-electron chi connectivity index (χ0n) is 10.8. The molecule has 0 saturated heterocycles. The Morgan fingerprint density at radius 3 is 2.50 bits per heavy atom. The van der Waals surface area contributed by atoms with Gasteiger partial charge >= 0.3 is 0 Å². The molecular weight excluding hydrogens is 226 g/mol. The molecule has 1 aromatic carbocycles. The van der Waals surface area contributed by atoms with E-state index >= 15 is 0 Å². The maximum absolute atomic E-state index is 11.2. The fraction of sp³-hybridized carbons (Fsp3) is 0.267. The normalized spacial score (nSPS) is 12.3. The largest absolute Gasteiger partial charge is 0.501 e. The quantitative estimate of drug-likeness (QED) is 0.476. The van der Waals surface area contributed by atoms with Crippen LogP contribution in [-0.2, 0) is 16.0 Å². The van der Waals surface area contributed by atoms with Gasteiger partial charge in [-0.1, -0.05) is 43.3 Å². The minimum Gasteiger partial charge on any atom is -0.501 e. The van der Waals surface area contributed by atoms with Crippen LogP contribution < -0.4 is 5.73 Å². The molecule has 0 aliphatic rings. The molecule has 0 radical (unpaired) electrons. The van der Waals surface area contributed by atoms with Crippen LogP contribution in [-0.4, -0.2) is 13.0 Å². The van der Waals surface area contributed by atoms with Crippen molar-refractivity contribution < 1.29 is 9.53 Å². The lowest BCUT2D eigenvalue weighted by atomic mass is 10.1. The molecule has 96 valence electrons. The Morgan fingerprint density at radius 1 is 1.33 bits per heavy atom. The van der Waals surface area contributed by atoms with E-state index in [1.54, 1.807) is 19.3 Å². The van der Waals surface area contributed by atoms with Crippen molar-refractivity contribution in [3.63, 3.8) is 0 Å². The molecule has 0 bridgehead atoms. The first-order chi connectivity index (χ1) is 8.67. The highest BCUT2D eigenvalue weighted by Crippen LogP contribution is 2.11. The Bertz CT molecular complexity index is 447. The molecule has 1 rings (SSSR count). The van der Waals surface area contributed by atoms with Gasteiger partial charge in [0.25, 0.3) is 0 Å². The second-order valence-electron chi connectivity index (χ2n) is 3.91. The van der Waals surface area contributed by atoms with Gasteiger partial charge in [-0.15, -0.1) is 0 Å². The van der Waals surface area contributed by atoms with E-state index in [1.165, 1.54) is 0 Å². The number of amides is 1. The molecule has 3 nitrogen and oxygen atoms in total. The van der Waals surface area contributed by atoms with Gasteiger partial charge in [0.1, 0.15) is 5.76 Å². The molecule has 1 amide bonds. The summed E-state index contributed by atoms with van der Waals surface area (Å²) in [6, 6.07) is 9.94. The number of carbonyl (C=O) groups excluding carboxylic acids is 1. The summed E-state index contributed by atoms with van der Waals surface area (Å²) < 4.78 is 5.29. The lowest BCUT2D eigenvalue weighted by molar-refractivity contribution is -0.114. The molecule has 0 aliphatic carbocycles. The summed E-state index contributed by atoms with van der Waals surface area (Å²) in [4.78, 5) is 11.2. The number of rotatable bonds is 6. The SMILES string of the molecule is CC/C=C(/C=C(/Cc1ccccc1)OC)C(N)=O. The van der Waals surface area contributed by atoms with Gasteiger partial charge in [0.2, 0.25) is 5.91 Å². The second-order valence-corrected chi connectivity index (χ2v) is 3.91. The summed E-state index contributed by atoms with van der Waals surface area (Å²) in [6.07, 6.45) is 4.91. The molecule has 0 aromatic heterocycles. The first-order valence-corrected chi connectivity index (χ1v) is 5.95.